The second kappa shape index (κ2) is 8.36. The molecule has 0 atom stereocenters. The Balaban J connectivity index is 1.82. The van der Waals surface area contributed by atoms with Crippen LogP contribution >= 0.6 is 22.7 Å². The fraction of sp³-hybridized carbons (Fsp3) is 0.278. The van der Waals surface area contributed by atoms with Crippen LogP contribution in [0.25, 0.3) is 10.6 Å². The van der Waals surface area contributed by atoms with Crippen LogP contribution in [-0.4, -0.2) is 22.5 Å². The van der Waals surface area contributed by atoms with Crippen LogP contribution in [-0.2, 0) is 4.79 Å². The highest BCUT2D eigenvalue weighted by atomic mass is 32.1. The van der Waals surface area contributed by atoms with E-state index < -0.39 is 0 Å². The number of carbonyl (C=O) groups excluding carboxylic acids is 1. The number of nitrogen functional groups attached to an aromatic ring is 1. The molecule has 9 heteroatoms. The summed E-state index contributed by atoms with van der Waals surface area (Å²) in [6.45, 7) is 6.16. The number of anilines is 4. The van der Waals surface area contributed by atoms with E-state index in [1.165, 1.54) is 22.7 Å². The van der Waals surface area contributed by atoms with Crippen LogP contribution < -0.4 is 21.1 Å². The Labute approximate surface area is 165 Å². The highest BCUT2D eigenvalue weighted by molar-refractivity contribution is 7.20. The highest BCUT2D eigenvalue weighted by Gasteiger charge is 2.15. The fourth-order valence-electron chi connectivity index (χ4n) is 2.40. The molecule has 0 spiro atoms. The van der Waals surface area contributed by atoms with Crippen LogP contribution in [0.15, 0.2) is 23.6 Å². The number of ether oxygens (including phenoxy) is 1. The van der Waals surface area contributed by atoms with Gasteiger partial charge in [0.15, 0.2) is 16.0 Å². The average Bonchev–Trinajstić information content (AvgIpc) is 3.24. The van der Waals surface area contributed by atoms with Gasteiger partial charge in [-0.25, -0.2) is 9.97 Å². The molecule has 0 saturated carbocycles. The molecule has 1 aromatic carbocycles. The van der Waals surface area contributed by atoms with Crippen molar-refractivity contribution in [2.75, 3.05) is 23.0 Å². The minimum atomic E-state index is -0.0546. The molecule has 0 fully saturated rings. The zero-order valence-electron chi connectivity index (χ0n) is 15.3. The van der Waals surface area contributed by atoms with Crippen LogP contribution in [0.2, 0.25) is 0 Å². The highest BCUT2D eigenvalue weighted by Crippen LogP contribution is 2.37. The molecule has 0 bridgehead atoms. The lowest BCUT2D eigenvalue weighted by molar-refractivity contribution is -0.115. The first-order chi connectivity index (χ1) is 13.0. The zero-order chi connectivity index (χ0) is 19.4. The smallest absolute Gasteiger partial charge is 0.225 e. The van der Waals surface area contributed by atoms with E-state index in [1.807, 2.05) is 38.3 Å². The largest absolute Gasteiger partial charge is 0.490 e. The number of nitrogens with one attached hydrogen (secondary N) is 2. The zero-order valence-corrected chi connectivity index (χ0v) is 17.0. The molecule has 4 N–H and O–H groups in total. The predicted molar refractivity (Wildman–Crippen MR) is 112 cm³/mol. The summed E-state index contributed by atoms with van der Waals surface area (Å²) >= 11 is 2.90. The van der Waals surface area contributed by atoms with Gasteiger partial charge in [-0.2, -0.15) is 0 Å². The van der Waals surface area contributed by atoms with Crippen molar-refractivity contribution in [2.24, 2.45) is 0 Å². The van der Waals surface area contributed by atoms with E-state index in [4.69, 9.17) is 10.5 Å². The molecule has 0 unspecified atom stereocenters. The van der Waals surface area contributed by atoms with E-state index >= 15 is 0 Å². The van der Waals surface area contributed by atoms with Gasteiger partial charge in [-0.15, -0.1) is 11.3 Å². The molecule has 0 aliphatic rings. The van der Waals surface area contributed by atoms with Gasteiger partial charge in [-0.3, -0.25) is 4.79 Å². The summed E-state index contributed by atoms with van der Waals surface area (Å²) in [6, 6.07) is 5.57. The van der Waals surface area contributed by atoms with E-state index in [0.29, 0.717) is 29.6 Å². The Morgan fingerprint density at radius 1 is 1.26 bits per heavy atom. The number of amides is 1. The first-order valence-corrected chi connectivity index (χ1v) is 10.2. The lowest BCUT2D eigenvalue weighted by Crippen LogP contribution is -2.08. The number of hydrogen-bond donors (Lipinski definition) is 3. The molecule has 0 aliphatic heterocycles. The van der Waals surface area contributed by atoms with Gasteiger partial charge in [-0.1, -0.05) is 24.3 Å². The van der Waals surface area contributed by atoms with Crippen molar-refractivity contribution in [3.63, 3.8) is 0 Å². The lowest BCUT2D eigenvalue weighted by atomic mass is 10.2. The molecule has 27 heavy (non-hydrogen) atoms. The third-order valence-corrected chi connectivity index (χ3v) is 5.53. The van der Waals surface area contributed by atoms with E-state index in [2.05, 4.69) is 20.6 Å². The number of hydrogen-bond acceptors (Lipinski definition) is 8. The van der Waals surface area contributed by atoms with Crippen molar-refractivity contribution in [1.82, 2.24) is 9.97 Å². The first kappa shape index (κ1) is 19.1. The second-order valence-electron chi connectivity index (χ2n) is 5.66. The number of aromatic nitrogens is 2. The molecule has 0 radical (unpaired) electrons. The summed E-state index contributed by atoms with van der Waals surface area (Å²) < 4.78 is 5.64. The summed E-state index contributed by atoms with van der Waals surface area (Å²) in [4.78, 5) is 21.6. The maximum absolute atomic E-state index is 11.6. The van der Waals surface area contributed by atoms with Gasteiger partial charge < -0.3 is 21.1 Å². The number of benzene rings is 1. The molecule has 142 valence electrons. The summed E-state index contributed by atoms with van der Waals surface area (Å²) in [5.41, 5.74) is 9.01. The van der Waals surface area contributed by atoms with Crippen molar-refractivity contribution in [1.29, 1.82) is 0 Å². The molecule has 7 nitrogen and oxygen atoms in total. The topological polar surface area (TPSA) is 102 Å². The van der Waals surface area contributed by atoms with Gasteiger partial charge in [-0.05, 0) is 26.0 Å². The molecular formula is C18H21N5O2S2. The Morgan fingerprint density at radius 2 is 2.07 bits per heavy atom. The number of carbonyl (C=O) groups is 1. The lowest BCUT2D eigenvalue weighted by Gasteiger charge is -2.12. The van der Waals surface area contributed by atoms with Gasteiger partial charge in [0.1, 0.15) is 0 Å². The maximum Gasteiger partial charge on any atom is 0.225 e. The van der Waals surface area contributed by atoms with Crippen molar-refractivity contribution in [3.8, 4) is 16.3 Å². The monoisotopic (exact) mass is 403 g/mol. The van der Waals surface area contributed by atoms with Crippen molar-refractivity contribution < 1.29 is 9.53 Å². The molecule has 1 amide bonds. The first-order valence-electron chi connectivity index (χ1n) is 8.53. The third kappa shape index (κ3) is 4.37. The summed E-state index contributed by atoms with van der Waals surface area (Å²) in [5.74, 6) is 0.566. The third-order valence-electron chi connectivity index (χ3n) is 3.68. The average molecular weight is 404 g/mol. The van der Waals surface area contributed by atoms with Gasteiger partial charge >= 0.3 is 0 Å². The van der Waals surface area contributed by atoms with E-state index in [0.717, 1.165) is 27.1 Å². The second-order valence-corrected chi connectivity index (χ2v) is 7.51. The number of para-hydroxylation sites is 1. The number of rotatable bonds is 7. The van der Waals surface area contributed by atoms with Crippen molar-refractivity contribution in [3.05, 3.63) is 29.3 Å². The van der Waals surface area contributed by atoms with E-state index in [1.54, 1.807) is 6.07 Å². The molecule has 2 heterocycles. The molecular weight excluding hydrogens is 382 g/mol. The summed E-state index contributed by atoms with van der Waals surface area (Å²) in [5, 5.41) is 9.34. The molecule has 3 rings (SSSR count). The Morgan fingerprint density at radius 3 is 2.81 bits per heavy atom. The Bertz CT molecular complexity index is 951. The van der Waals surface area contributed by atoms with Crippen molar-refractivity contribution >= 4 is 50.2 Å². The quantitative estimate of drug-likeness (QED) is 0.496. The van der Waals surface area contributed by atoms with Crippen LogP contribution in [0, 0.1) is 6.92 Å². The van der Waals surface area contributed by atoms with Gasteiger partial charge in [0.2, 0.25) is 5.91 Å². The van der Waals surface area contributed by atoms with Crippen LogP contribution in [0.3, 0.4) is 0 Å². The molecule has 0 saturated heterocycles. The number of thiazole rings is 2. The summed E-state index contributed by atoms with van der Waals surface area (Å²) in [7, 11) is 0. The number of aryl methyl sites for hydroxylation is 1. The molecule has 0 aliphatic carbocycles. The standard InChI is InChI=1S/C18H21N5O2S2/c1-4-14(24)23-18-20-10(3)16(27-18)13-9-26-17(22-13)21-12-8-6-7-11(19)15(12)25-5-2/h6-9H,4-5,19H2,1-3H3,(H,21,22)(H,20,23,24). The van der Waals surface area contributed by atoms with Crippen LogP contribution in [0.1, 0.15) is 26.0 Å². The minimum absolute atomic E-state index is 0.0546. The normalized spacial score (nSPS) is 10.6. The van der Waals surface area contributed by atoms with E-state index in [-0.39, 0.29) is 5.91 Å². The number of nitrogens with two attached hydrogens (primary N) is 1. The van der Waals surface area contributed by atoms with Crippen molar-refractivity contribution in [2.45, 2.75) is 27.2 Å². The van der Waals surface area contributed by atoms with E-state index in [9.17, 15) is 4.79 Å². The van der Waals surface area contributed by atoms with Crippen LogP contribution in [0.5, 0.6) is 5.75 Å². The minimum Gasteiger partial charge on any atom is -0.490 e. The Hall–Kier alpha value is -2.65. The maximum atomic E-state index is 11.6. The predicted octanol–water partition coefficient (Wildman–Crippen LogP) is 4.65. The molecule has 3 aromatic rings. The van der Waals surface area contributed by atoms with Gasteiger partial charge in [0, 0.05) is 11.8 Å². The molecule has 2 aromatic heterocycles. The Kier molecular flexibility index (Phi) is 5.92. The summed E-state index contributed by atoms with van der Waals surface area (Å²) in [6.07, 6.45) is 0.418. The van der Waals surface area contributed by atoms with Gasteiger partial charge in [0.05, 0.1) is 34.2 Å². The van der Waals surface area contributed by atoms with Crippen LogP contribution in [0.4, 0.5) is 21.6 Å². The fourth-order valence-corrected chi connectivity index (χ4v) is 4.14. The SMILES string of the molecule is CCOc1c(N)cccc1Nc1nc(-c2sc(NC(=O)CC)nc2C)cs1. The van der Waals surface area contributed by atoms with Gasteiger partial charge in [0.25, 0.3) is 0 Å². The number of nitrogens with zero attached hydrogens (tertiary/aromatic N) is 2.